The lowest BCUT2D eigenvalue weighted by molar-refractivity contribution is 0.102. The minimum Gasteiger partial charge on any atom is -0.423 e. The first-order valence-corrected chi connectivity index (χ1v) is 8.13. The number of nitrogens with two attached hydrogens (primary N) is 1. The Morgan fingerprint density at radius 1 is 1.08 bits per heavy atom. The normalized spacial score (nSPS) is 10.8. The minimum atomic E-state index is -0.376. The Morgan fingerprint density at radius 2 is 1.80 bits per heavy atom. The van der Waals surface area contributed by atoms with Gasteiger partial charge in [-0.1, -0.05) is 12.1 Å². The predicted molar refractivity (Wildman–Crippen MR) is 99.1 cm³/mol. The molecule has 3 aromatic rings. The Kier molecular flexibility index (Phi) is 4.67. The number of fused-ring (bicyclic) bond motifs is 1. The van der Waals surface area contributed by atoms with Gasteiger partial charge in [-0.15, -0.1) is 0 Å². The van der Waals surface area contributed by atoms with Gasteiger partial charge in [-0.25, -0.2) is 4.79 Å². The van der Waals surface area contributed by atoms with E-state index < -0.39 is 0 Å². The number of rotatable bonds is 4. The van der Waals surface area contributed by atoms with Gasteiger partial charge in [0.25, 0.3) is 5.91 Å². The second-order valence-corrected chi connectivity index (χ2v) is 6.10. The van der Waals surface area contributed by atoms with Gasteiger partial charge in [0, 0.05) is 22.7 Å². The summed E-state index contributed by atoms with van der Waals surface area (Å²) in [7, 11) is 0. The maximum atomic E-state index is 12.5. The molecular weight excluding hydrogens is 316 g/mol. The summed E-state index contributed by atoms with van der Waals surface area (Å²) in [6, 6.07) is 12.5. The van der Waals surface area contributed by atoms with Gasteiger partial charge in [-0.05, 0) is 67.8 Å². The van der Waals surface area contributed by atoms with Crippen LogP contribution in [-0.2, 0) is 6.42 Å². The highest BCUT2D eigenvalue weighted by atomic mass is 16.4. The molecule has 1 aromatic heterocycles. The van der Waals surface area contributed by atoms with Gasteiger partial charge >= 0.3 is 5.63 Å². The molecule has 128 valence electrons. The lowest BCUT2D eigenvalue weighted by Gasteiger charge is -2.11. The first-order valence-electron chi connectivity index (χ1n) is 8.13. The van der Waals surface area contributed by atoms with E-state index in [2.05, 4.69) is 5.32 Å². The highest BCUT2D eigenvalue weighted by molar-refractivity contribution is 6.05. The monoisotopic (exact) mass is 336 g/mol. The SMILES string of the molecule is Cc1cc2oc(=O)cc(C)c2cc1NC(=O)c1ccc(CCN)cc1. The van der Waals surface area contributed by atoms with E-state index in [0.717, 1.165) is 28.5 Å². The maximum absolute atomic E-state index is 12.5. The molecule has 0 saturated carbocycles. The average Bonchev–Trinajstić information content (AvgIpc) is 2.57. The highest BCUT2D eigenvalue weighted by Gasteiger charge is 2.11. The molecule has 2 aromatic carbocycles. The molecule has 0 bridgehead atoms. The molecular formula is C20H20N2O3. The van der Waals surface area contributed by atoms with Crippen molar-refractivity contribution in [1.29, 1.82) is 0 Å². The van der Waals surface area contributed by atoms with E-state index in [1.807, 2.05) is 32.0 Å². The Morgan fingerprint density at radius 3 is 2.48 bits per heavy atom. The molecule has 0 aliphatic rings. The summed E-state index contributed by atoms with van der Waals surface area (Å²) in [5.74, 6) is -0.184. The van der Waals surface area contributed by atoms with Crippen LogP contribution in [0.15, 0.2) is 51.7 Å². The fraction of sp³-hybridized carbons (Fsp3) is 0.200. The van der Waals surface area contributed by atoms with Crippen LogP contribution in [0.3, 0.4) is 0 Å². The molecule has 3 N–H and O–H groups in total. The van der Waals surface area contributed by atoms with Crippen molar-refractivity contribution in [2.24, 2.45) is 5.73 Å². The standard InChI is InChI=1S/C20H20N2O3/c1-12-10-19(23)25-18-9-13(2)17(11-16(12)18)22-20(24)15-5-3-14(4-6-15)7-8-21/h3-6,9-11H,7-8,21H2,1-2H3,(H,22,24). The number of carbonyl (C=O) groups is 1. The number of benzene rings is 2. The van der Waals surface area contributed by atoms with Gasteiger partial charge < -0.3 is 15.5 Å². The van der Waals surface area contributed by atoms with Crippen LogP contribution in [0.4, 0.5) is 5.69 Å². The Labute approximate surface area is 145 Å². The quantitative estimate of drug-likeness (QED) is 0.717. The third-order valence-electron chi connectivity index (χ3n) is 4.19. The van der Waals surface area contributed by atoms with Crippen molar-refractivity contribution in [2.45, 2.75) is 20.3 Å². The fourth-order valence-electron chi connectivity index (χ4n) is 2.79. The van der Waals surface area contributed by atoms with E-state index in [0.29, 0.717) is 23.4 Å². The molecule has 5 nitrogen and oxygen atoms in total. The van der Waals surface area contributed by atoms with Crippen LogP contribution >= 0.6 is 0 Å². The Hall–Kier alpha value is -2.92. The zero-order chi connectivity index (χ0) is 18.0. The lowest BCUT2D eigenvalue weighted by Crippen LogP contribution is -2.13. The van der Waals surface area contributed by atoms with E-state index in [1.165, 1.54) is 6.07 Å². The summed E-state index contributed by atoms with van der Waals surface area (Å²) >= 11 is 0. The van der Waals surface area contributed by atoms with E-state index in [4.69, 9.17) is 10.2 Å². The van der Waals surface area contributed by atoms with Crippen LogP contribution in [-0.4, -0.2) is 12.5 Å². The van der Waals surface area contributed by atoms with Crippen molar-refractivity contribution in [3.63, 3.8) is 0 Å². The maximum Gasteiger partial charge on any atom is 0.336 e. The number of carbonyl (C=O) groups excluding carboxylic acids is 1. The molecule has 0 aliphatic carbocycles. The van der Waals surface area contributed by atoms with Gasteiger partial charge in [0.15, 0.2) is 0 Å². The lowest BCUT2D eigenvalue weighted by atomic mass is 10.1. The van der Waals surface area contributed by atoms with E-state index in [9.17, 15) is 9.59 Å². The molecule has 3 rings (SSSR count). The number of hydrogen-bond donors (Lipinski definition) is 2. The predicted octanol–water partition coefficient (Wildman–Crippen LogP) is 3.16. The molecule has 0 unspecified atom stereocenters. The molecule has 0 atom stereocenters. The Balaban J connectivity index is 1.90. The van der Waals surface area contributed by atoms with Crippen molar-refractivity contribution in [3.05, 3.63) is 75.1 Å². The summed E-state index contributed by atoms with van der Waals surface area (Å²) in [4.78, 5) is 24.0. The molecule has 1 amide bonds. The molecule has 0 radical (unpaired) electrons. The Bertz CT molecular complexity index is 988. The van der Waals surface area contributed by atoms with Crippen LogP contribution in [0, 0.1) is 13.8 Å². The largest absolute Gasteiger partial charge is 0.423 e. The number of hydrogen-bond acceptors (Lipinski definition) is 4. The van der Waals surface area contributed by atoms with Crippen molar-refractivity contribution in [1.82, 2.24) is 0 Å². The molecule has 5 heteroatoms. The zero-order valence-electron chi connectivity index (χ0n) is 14.3. The van der Waals surface area contributed by atoms with Gasteiger partial charge in [-0.3, -0.25) is 4.79 Å². The number of aryl methyl sites for hydroxylation is 2. The van der Waals surface area contributed by atoms with Crippen LogP contribution < -0.4 is 16.7 Å². The molecule has 0 fully saturated rings. The fourth-order valence-corrected chi connectivity index (χ4v) is 2.79. The third-order valence-corrected chi connectivity index (χ3v) is 4.19. The first-order chi connectivity index (χ1) is 12.0. The topological polar surface area (TPSA) is 85.3 Å². The second kappa shape index (κ2) is 6.91. The molecule has 25 heavy (non-hydrogen) atoms. The van der Waals surface area contributed by atoms with Crippen LogP contribution in [0.5, 0.6) is 0 Å². The van der Waals surface area contributed by atoms with Gasteiger partial charge in [0.2, 0.25) is 0 Å². The van der Waals surface area contributed by atoms with E-state index in [1.54, 1.807) is 18.2 Å². The van der Waals surface area contributed by atoms with Crippen LogP contribution in [0.25, 0.3) is 11.0 Å². The summed E-state index contributed by atoms with van der Waals surface area (Å²) in [6.45, 7) is 4.29. The number of nitrogens with one attached hydrogen (secondary N) is 1. The van der Waals surface area contributed by atoms with Crippen molar-refractivity contribution in [3.8, 4) is 0 Å². The van der Waals surface area contributed by atoms with Crippen molar-refractivity contribution < 1.29 is 9.21 Å². The molecule has 0 spiro atoms. The number of anilines is 1. The molecule has 0 saturated heterocycles. The summed E-state index contributed by atoms with van der Waals surface area (Å²) in [6.07, 6.45) is 0.788. The third kappa shape index (κ3) is 3.61. The van der Waals surface area contributed by atoms with E-state index >= 15 is 0 Å². The van der Waals surface area contributed by atoms with Gasteiger partial charge in [-0.2, -0.15) is 0 Å². The smallest absolute Gasteiger partial charge is 0.336 e. The summed E-state index contributed by atoms with van der Waals surface area (Å²) < 4.78 is 5.23. The molecule has 0 aliphatic heterocycles. The molecule has 1 heterocycles. The highest BCUT2D eigenvalue weighted by Crippen LogP contribution is 2.25. The minimum absolute atomic E-state index is 0.184. The zero-order valence-corrected chi connectivity index (χ0v) is 14.3. The van der Waals surface area contributed by atoms with Gasteiger partial charge in [0.05, 0.1) is 0 Å². The average molecular weight is 336 g/mol. The van der Waals surface area contributed by atoms with E-state index in [-0.39, 0.29) is 11.5 Å². The summed E-state index contributed by atoms with van der Waals surface area (Å²) in [5, 5.41) is 3.73. The van der Waals surface area contributed by atoms with Crippen LogP contribution in [0.1, 0.15) is 27.0 Å². The number of amides is 1. The first kappa shape index (κ1) is 16.9. The second-order valence-electron chi connectivity index (χ2n) is 6.10. The van der Waals surface area contributed by atoms with Crippen LogP contribution in [0.2, 0.25) is 0 Å². The van der Waals surface area contributed by atoms with Crippen molar-refractivity contribution in [2.75, 3.05) is 11.9 Å². The summed E-state index contributed by atoms with van der Waals surface area (Å²) in [5.41, 5.74) is 9.70. The van der Waals surface area contributed by atoms with Gasteiger partial charge in [0.1, 0.15) is 5.58 Å². The van der Waals surface area contributed by atoms with Crippen molar-refractivity contribution >= 4 is 22.6 Å².